The van der Waals surface area contributed by atoms with Crippen LogP contribution in [0.3, 0.4) is 0 Å². The van der Waals surface area contributed by atoms with Crippen molar-refractivity contribution in [1.29, 1.82) is 0 Å². The summed E-state index contributed by atoms with van der Waals surface area (Å²) in [4.78, 5) is 10.2. The Morgan fingerprint density at radius 3 is 3.17 bits per heavy atom. The van der Waals surface area contributed by atoms with Gasteiger partial charge in [-0.2, -0.15) is 10.2 Å². The lowest BCUT2D eigenvalue weighted by atomic mass is 10.5. The zero-order chi connectivity index (χ0) is 8.97. The van der Waals surface area contributed by atoms with Crippen molar-refractivity contribution >= 4 is 12.2 Å². The summed E-state index contributed by atoms with van der Waals surface area (Å²) in [6.45, 7) is 0. The molecule has 1 aromatic heterocycles. The highest BCUT2D eigenvalue weighted by Crippen LogP contribution is 1.89. The summed E-state index contributed by atoms with van der Waals surface area (Å²) in [6, 6.07) is 1.07. The van der Waals surface area contributed by atoms with E-state index in [4.69, 9.17) is 5.73 Å². The van der Waals surface area contributed by atoms with Crippen LogP contribution in [-0.4, -0.2) is 22.0 Å². The number of urea groups is 1. The molecule has 0 fully saturated rings. The summed E-state index contributed by atoms with van der Waals surface area (Å²) < 4.78 is 1.62. The Labute approximate surface area is 69.1 Å². The molecule has 12 heavy (non-hydrogen) atoms. The van der Waals surface area contributed by atoms with Gasteiger partial charge in [-0.1, -0.05) is 0 Å². The lowest BCUT2D eigenvalue weighted by molar-refractivity contribution is 0.249. The Kier molecular flexibility index (Phi) is 2.42. The number of aromatic nitrogens is 2. The number of nitrogens with zero attached hydrogens (tertiary/aromatic N) is 3. The van der Waals surface area contributed by atoms with Gasteiger partial charge >= 0.3 is 6.03 Å². The van der Waals surface area contributed by atoms with Crippen LogP contribution >= 0.6 is 0 Å². The van der Waals surface area contributed by atoms with Crippen molar-refractivity contribution in [3.8, 4) is 0 Å². The highest BCUT2D eigenvalue weighted by atomic mass is 16.2. The van der Waals surface area contributed by atoms with Gasteiger partial charge in [0.1, 0.15) is 0 Å². The number of rotatable bonds is 2. The number of hydrogen-bond acceptors (Lipinski definition) is 3. The number of primary amides is 1. The summed E-state index contributed by atoms with van der Waals surface area (Å²) in [5, 5.41) is 7.46. The van der Waals surface area contributed by atoms with Crippen molar-refractivity contribution in [3.63, 3.8) is 0 Å². The van der Waals surface area contributed by atoms with Gasteiger partial charge in [-0.05, 0) is 6.07 Å². The van der Waals surface area contributed by atoms with E-state index in [9.17, 15) is 4.79 Å². The standard InChI is InChI=1S/C6H9N5O/c1-11-5(2-3-9-11)4-8-10-6(7)12/h2-4H,1H3,(H3,7,10,12)/b8-4-. The second-order valence-corrected chi connectivity index (χ2v) is 2.11. The smallest absolute Gasteiger partial charge is 0.332 e. The van der Waals surface area contributed by atoms with Crippen LogP contribution in [0.25, 0.3) is 0 Å². The molecule has 0 radical (unpaired) electrons. The van der Waals surface area contributed by atoms with Gasteiger partial charge in [0.25, 0.3) is 0 Å². The van der Waals surface area contributed by atoms with Gasteiger partial charge in [-0.3, -0.25) is 4.68 Å². The average molecular weight is 167 g/mol. The highest BCUT2D eigenvalue weighted by Gasteiger charge is 1.92. The Bertz CT molecular complexity index is 303. The van der Waals surface area contributed by atoms with Crippen LogP contribution in [0.15, 0.2) is 17.4 Å². The molecule has 0 aliphatic rings. The molecule has 0 bridgehead atoms. The molecule has 0 unspecified atom stereocenters. The lowest BCUT2D eigenvalue weighted by Gasteiger charge is -1.93. The third-order valence-electron chi connectivity index (χ3n) is 1.23. The minimum atomic E-state index is -0.687. The molecule has 1 heterocycles. The van der Waals surface area contributed by atoms with Crippen LogP contribution in [-0.2, 0) is 7.05 Å². The van der Waals surface area contributed by atoms with Gasteiger partial charge in [-0.15, -0.1) is 0 Å². The van der Waals surface area contributed by atoms with E-state index in [0.717, 1.165) is 5.69 Å². The number of aryl methyl sites for hydroxylation is 1. The molecule has 0 atom stereocenters. The Balaban J connectivity index is 2.57. The molecule has 3 N–H and O–H groups in total. The number of nitrogens with one attached hydrogen (secondary N) is 1. The van der Waals surface area contributed by atoms with E-state index in [-0.39, 0.29) is 0 Å². The van der Waals surface area contributed by atoms with Crippen molar-refractivity contribution in [2.75, 3.05) is 0 Å². The molecule has 6 nitrogen and oxygen atoms in total. The maximum absolute atomic E-state index is 10.2. The van der Waals surface area contributed by atoms with Crippen molar-refractivity contribution in [3.05, 3.63) is 18.0 Å². The lowest BCUT2D eigenvalue weighted by Crippen LogP contribution is -2.24. The Hall–Kier alpha value is -1.85. The number of hydrazone groups is 1. The molecule has 2 amide bonds. The van der Waals surface area contributed by atoms with Crippen molar-refractivity contribution in [1.82, 2.24) is 15.2 Å². The quantitative estimate of drug-likeness (QED) is 0.456. The summed E-state index contributed by atoms with van der Waals surface area (Å²) in [5.41, 5.74) is 7.64. The fraction of sp³-hybridized carbons (Fsp3) is 0.167. The first kappa shape index (κ1) is 8.25. The van der Waals surface area contributed by atoms with E-state index in [1.165, 1.54) is 6.21 Å². The van der Waals surface area contributed by atoms with Crippen molar-refractivity contribution < 1.29 is 4.79 Å². The number of amides is 2. The summed E-state index contributed by atoms with van der Waals surface area (Å²) in [6.07, 6.45) is 3.09. The SMILES string of the molecule is Cn1nccc1/C=N\NC(N)=O. The molecule has 64 valence electrons. The predicted octanol–water partition coefficient (Wildman–Crippen LogP) is -0.578. The number of carbonyl (C=O) groups is 1. The Morgan fingerprint density at radius 2 is 2.67 bits per heavy atom. The number of hydrogen-bond donors (Lipinski definition) is 2. The van der Waals surface area contributed by atoms with E-state index >= 15 is 0 Å². The summed E-state index contributed by atoms with van der Waals surface area (Å²) in [7, 11) is 1.77. The van der Waals surface area contributed by atoms with E-state index in [2.05, 4.69) is 15.6 Å². The Morgan fingerprint density at radius 1 is 1.92 bits per heavy atom. The van der Waals surface area contributed by atoms with Gasteiger partial charge in [0.15, 0.2) is 0 Å². The first-order chi connectivity index (χ1) is 5.70. The maximum atomic E-state index is 10.2. The molecule has 0 saturated heterocycles. The monoisotopic (exact) mass is 167 g/mol. The fourth-order valence-electron chi connectivity index (χ4n) is 0.673. The van der Waals surface area contributed by atoms with Crippen LogP contribution in [0.4, 0.5) is 4.79 Å². The maximum Gasteiger partial charge on any atom is 0.332 e. The van der Waals surface area contributed by atoms with E-state index in [0.29, 0.717) is 0 Å². The number of carbonyl (C=O) groups excluding carboxylic acids is 1. The van der Waals surface area contributed by atoms with Gasteiger partial charge in [0.05, 0.1) is 11.9 Å². The van der Waals surface area contributed by atoms with Crippen molar-refractivity contribution in [2.24, 2.45) is 17.9 Å². The topological polar surface area (TPSA) is 85.3 Å². The minimum Gasteiger partial charge on any atom is -0.350 e. The molecule has 1 rings (SSSR count). The average Bonchev–Trinajstić information content (AvgIpc) is 2.36. The summed E-state index contributed by atoms with van der Waals surface area (Å²) >= 11 is 0. The van der Waals surface area contributed by atoms with Gasteiger partial charge in [-0.25, -0.2) is 10.2 Å². The van der Waals surface area contributed by atoms with Crippen molar-refractivity contribution in [2.45, 2.75) is 0 Å². The first-order valence-electron chi connectivity index (χ1n) is 3.26. The summed E-state index contributed by atoms with van der Waals surface area (Å²) in [5.74, 6) is 0. The van der Waals surface area contributed by atoms with Crippen LogP contribution in [0.1, 0.15) is 5.69 Å². The van der Waals surface area contributed by atoms with Gasteiger partial charge in [0.2, 0.25) is 0 Å². The molecular formula is C6H9N5O. The minimum absolute atomic E-state index is 0.687. The molecule has 0 aromatic carbocycles. The zero-order valence-electron chi connectivity index (χ0n) is 6.56. The molecule has 1 aromatic rings. The molecule has 0 aliphatic heterocycles. The van der Waals surface area contributed by atoms with Gasteiger partial charge in [0, 0.05) is 13.2 Å². The van der Waals surface area contributed by atoms with Crippen LogP contribution in [0.5, 0.6) is 0 Å². The third kappa shape index (κ3) is 2.08. The molecule has 0 saturated carbocycles. The van der Waals surface area contributed by atoms with Crippen LogP contribution < -0.4 is 11.2 Å². The second-order valence-electron chi connectivity index (χ2n) is 2.11. The zero-order valence-corrected chi connectivity index (χ0v) is 6.56. The molecule has 0 spiro atoms. The normalized spacial score (nSPS) is 10.4. The third-order valence-corrected chi connectivity index (χ3v) is 1.23. The number of nitrogens with two attached hydrogens (primary N) is 1. The highest BCUT2D eigenvalue weighted by molar-refractivity contribution is 5.79. The predicted molar refractivity (Wildman–Crippen MR) is 43.5 cm³/mol. The molecular weight excluding hydrogens is 158 g/mol. The van der Waals surface area contributed by atoms with E-state index in [1.54, 1.807) is 24.0 Å². The van der Waals surface area contributed by atoms with Crippen LogP contribution in [0.2, 0.25) is 0 Å². The molecule has 6 heteroatoms. The van der Waals surface area contributed by atoms with E-state index in [1.807, 2.05) is 0 Å². The molecule has 0 aliphatic carbocycles. The first-order valence-corrected chi connectivity index (χ1v) is 3.26. The second kappa shape index (κ2) is 3.51. The largest absolute Gasteiger partial charge is 0.350 e. The fourth-order valence-corrected chi connectivity index (χ4v) is 0.673. The van der Waals surface area contributed by atoms with Crippen LogP contribution in [0, 0.1) is 0 Å². The van der Waals surface area contributed by atoms with E-state index < -0.39 is 6.03 Å². The van der Waals surface area contributed by atoms with Gasteiger partial charge < -0.3 is 5.73 Å².